The van der Waals surface area contributed by atoms with Gasteiger partial charge in [-0.1, -0.05) is 43.2 Å². The van der Waals surface area contributed by atoms with Crippen molar-refractivity contribution in [3.8, 4) is 0 Å². The van der Waals surface area contributed by atoms with Crippen molar-refractivity contribution in [3.05, 3.63) is 48.2 Å². The van der Waals surface area contributed by atoms with Crippen LogP contribution in [0.2, 0.25) is 0 Å². The van der Waals surface area contributed by atoms with Gasteiger partial charge in [-0.25, -0.2) is 4.68 Å². The molecule has 144 valence electrons. The SMILES string of the molecule is O=C(CN1CCN(Cc2ccccc2)CC1)Nc1ccnn1C1CCCC1. The van der Waals surface area contributed by atoms with E-state index in [0.717, 1.165) is 51.4 Å². The highest BCUT2D eigenvalue weighted by molar-refractivity contribution is 5.91. The van der Waals surface area contributed by atoms with Gasteiger partial charge in [-0.2, -0.15) is 5.10 Å². The van der Waals surface area contributed by atoms with Crippen LogP contribution in [0, 0.1) is 0 Å². The molecule has 0 unspecified atom stereocenters. The van der Waals surface area contributed by atoms with Crippen molar-refractivity contribution < 1.29 is 4.79 Å². The second kappa shape index (κ2) is 8.67. The highest BCUT2D eigenvalue weighted by Crippen LogP contribution is 2.31. The summed E-state index contributed by atoms with van der Waals surface area (Å²) in [6.07, 6.45) is 6.62. The van der Waals surface area contributed by atoms with Crippen LogP contribution >= 0.6 is 0 Å². The van der Waals surface area contributed by atoms with Gasteiger partial charge in [0.05, 0.1) is 18.8 Å². The molecule has 2 aromatic rings. The molecule has 1 saturated carbocycles. The third kappa shape index (κ3) is 4.76. The molecule has 0 bridgehead atoms. The molecule has 0 atom stereocenters. The molecular weight excluding hydrogens is 338 g/mol. The van der Waals surface area contributed by atoms with Crippen LogP contribution in [0.5, 0.6) is 0 Å². The number of amides is 1. The van der Waals surface area contributed by atoms with Gasteiger partial charge in [0.25, 0.3) is 0 Å². The monoisotopic (exact) mass is 367 g/mol. The van der Waals surface area contributed by atoms with Crippen molar-refractivity contribution >= 4 is 11.7 Å². The van der Waals surface area contributed by atoms with Gasteiger partial charge in [0.1, 0.15) is 5.82 Å². The Hall–Kier alpha value is -2.18. The molecule has 2 heterocycles. The number of piperazine rings is 1. The Labute approximate surface area is 161 Å². The minimum Gasteiger partial charge on any atom is -0.310 e. The fraction of sp³-hybridized carbons (Fsp3) is 0.524. The van der Waals surface area contributed by atoms with Gasteiger partial charge in [0, 0.05) is 38.8 Å². The maximum Gasteiger partial charge on any atom is 0.239 e. The van der Waals surface area contributed by atoms with E-state index in [1.165, 1.54) is 18.4 Å². The Balaban J connectivity index is 1.23. The van der Waals surface area contributed by atoms with Gasteiger partial charge >= 0.3 is 0 Å². The van der Waals surface area contributed by atoms with Crippen molar-refractivity contribution in [1.82, 2.24) is 19.6 Å². The lowest BCUT2D eigenvalue weighted by Crippen LogP contribution is -2.48. The standard InChI is InChI=1S/C21H29N5O/c27-21(23-20-10-11-22-26(20)19-8-4-5-9-19)17-25-14-12-24(13-15-25)16-18-6-2-1-3-7-18/h1-3,6-7,10-11,19H,4-5,8-9,12-17H2,(H,23,27). The molecule has 1 aromatic heterocycles. The molecule has 0 radical (unpaired) electrons. The number of hydrogen-bond acceptors (Lipinski definition) is 4. The molecule has 1 aliphatic carbocycles. The largest absolute Gasteiger partial charge is 0.310 e. The number of nitrogens with one attached hydrogen (secondary N) is 1. The first-order chi connectivity index (χ1) is 13.3. The Morgan fingerprint density at radius 2 is 1.70 bits per heavy atom. The molecular formula is C21H29N5O. The first kappa shape index (κ1) is 18.2. The number of benzene rings is 1. The van der Waals surface area contributed by atoms with Crippen molar-refractivity contribution in [1.29, 1.82) is 0 Å². The summed E-state index contributed by atoms with van der Waals surface area (Å²) in [6, 6.07) is 12.9. The summed E-state index contributed by atoms with van der Waals surface area (Å²) in [4.78, 5) is 17.2. The summed E-state index contributed by atoms with van der Waals surface area (Å²) in [7, 11) is 0. The zero-order valence-corrected chi connectivity index (χ0v) is 15.9. The second-order valence-electron chi connectivity index (χ2n) is 7.69. The molecule has 1 aliphatic heterocycles. The van der Waals surface area contributed by atoms with E-state index < -0.39 is 0 Å². The van der Waals surface area contributed by atoms with Crippen LogP contribution < -0.4 is 5.32 Å². The average molecular weight is 367 g/mol. The number of nitrogens with zero attached hydrogens (tertiary/aromatic N) is 4. The van der Waals surface area contributed by atoms with Gasteiger partial charge < -0.3 is 5.32 Å². The van der Waals surface area contributed by atoms with Crippen LogP contribution in [0.1, 0.15) is 37.3 Å². The minimum absolute atomic E-state index is 0.0613. The van der Waals surface area contributed by atoms with Crippen LogP contribution in [0.3, 0.4) is 0 Å². The maximum atomic E-state index is 12.5. The molecule has 1 aromatic carbocycles. The highest BCUT2D eigenvalue weighted by atomic mass is 16.2. The molecule has 4 rings (SSSR count). The van der Waals surface area contributed by atoms with Crippen molar-refractivity contribution in [3.63, 3.8) is 0 Å². The van der Waals surface area contributed by atoms with E-state index in [0.29, 0.717) is 12.6 Å². The summed E-state index contributed by atoms with van der Waals surface area (Å²) in [6.45, 7) is 5.31. The van der Waals surface area contributed by atoms with Crippen molar-refractivity contribution in [2.45, 2.75) is 38.3 Å². The molecule has 1 saturated heterocycles. The smallest absolute Gasteiger partial charge is 0.239 e. The Morgan fingerprint density at radius 3 is 2.44 bits per heavy atom. The van der Waals surface area contributed by atoms with E-state index in [4.69, 9.17) is 0 Å². The lowest BCUT2D eigenvalue weighted by atomic mass is 10.2. The molecule has 6 nitrogen and oxygen atoms in total. The number of carbonyl (C=O) groups excluding carboxylic acids is 1. The summed E-state index contributed by atoms with van der Waals surface area (Å²) in [5, 5.41) is 7.50. The topological polar surface area (TPSA) is 53.4 Å². The number of aromatic nitrogens is 2. The van der Waals surface area contributed by atoms with E-state index in [1.807, 2.05) is 10.7 Å². The van der Waals surface area contributed by atoms with Crippen LogP contribution in [-0.4, -0.2) is 58.2 Å². The molecule has 27 heavy (non-hydrogen) atoms. The van der Waals surface area contributed by atoms with E-state index in [-0.39, 0.29) is 5.91 Å². The third-order valence-corrected chi connectivity index (χ3v) is 5.69. The van der Waals surface area contributed by atoms with E-state index in [9.17, 15) is 4.79 Å². The minimum atomic E-state index is 0.0613. The van der Waals surface area contributed by atoms with E-state index in [1.54, 1.807) is 6.20 Å². The van der Waals surface area contributed by atoms with Gasteiger partial charge in [-0.15, -0.1) is 0 Å². The zero-order chi connectivity index (χ0) is 18.5. The lowest BCUT2D eigenvalue weighted by molar-refractivity contribution is -0.117. The van der Waals surface area contributed by atoms with E-state index in [2.05, 4.69) is 50.5 Å². The quantitative estimate of drug-likeness (QED) is 0.853. The number of anilines is 1. The molecule has 2 aliphatic rings. The fourth-order valence-electron chi connectivity index (χ4n) is 4.19. The number of carbonyl (C=O) groups is 1. The molecule has 2 fully saturated rings. The van der Waals surface area contributed by atoms with Gasteiger partial charge in [-0.05, 0) is 18.4 Å². The summed E-state index contributed by atoms with van der Waals surface area (Å²) < 4.78 is 2.00. The molecule has 1 N–H and O–H groups in total. The normalized spacial score (nSPS) is 19.4. The number of hydrogen-bond donors (Lipinski definition) is 1. The van der Waals surface area contributed by atoms with E-state index >= 15 is 0 Å². The predicted molar refractivity (Wildman–Crippen MR) is 107 cm³/mol. The Kier molecular flexibility index (Phi) is 5.84. The van der Waals surface area contributed by atoms with Gasteiger partial charge in [0.2, 0.25) is 5.91 Å². The summed E-state index contributed by atoms with van der Waals surface area (Å²) in [5.41, 5.74) is 1.35. The Morgan fingerprint density at radius 1 is 1.00 bits per heavy atom. The van der Waals surface area contributed by atoms with Gasteiger partial charge in [0.15, 0.2) is 0 Å². The highest BCUT2D eigenvalue weighted by Gasteiger charge is 2.22. The van der Waals surface area contributed by atoms with Gasteiger partial charge in [-0.3, -0.25) is 14.6 Å². The third-order valence-electron chi connectivity index (χ3n) is 5.69. The van der Waals surface area contributed by atoms with Crippen molar-refractivity contribution in [2.75, 3.05) is 38.0 Å². The zero-order valence-electron chi connectivity index (χ0n) is 15.9. The van der Waals surface area contributed by atoms with Crippen LogP contribution in [0.4, 0.5) is 5.82 Å². The van der Waals surface area contributed by atoms with Crippen LogP contribution in [0.25, 0.3) is 0 Å². The van der Waals surface area contributed by atoms with Crippen molar-refractivity contribution in [2.24, 2.45) is 0 Å². The molecule has 0 spiro atoms. The second-order valence-corrected chi connectivity index (χ2v) is 7.69. The summed E-state index contributed by atoms with van der Waals surface area (Å²) in [5.74, 6) is 0.904. The predicted octanol–water partition coefficient (Wildman–Crippen LogP) is 2.75. The first-order valence-corrected chi connectivity index (χ1v) is 10.1. The van der Waals surface area contributed by atoms with Crippen LogP contribution in [-0.2, 0) is 11.3 Å². The van der Waals surface area contributed by atoms with Crippen LogP contribution in [0.15, 0.2) is 42.6 Å². The molecule has 1 amide bonds. The fourth-order valence-corrected chi connectivity index (χ4v) is 4.19. The number of rotatable bonds is 6. The first-order valence-electron chi connectivity index (χ1n) is 10.1. The lowest BCUT2D eigenvalue weighted by Gasteiger charge is -2.34. The average Bonchev–Trinajstić information content (AvgIpc) is 3.36. The Bertz CT molecular complexity index is 730. The molecule has 6 heteroatoms. The summed E-state index contributed by atoms with van der Waals surface area (Å²) >= 11 is 0. The maximum absolute atomic E-state index is 12.5.